The quantitative estimate of drug-likeness (QED) is 0.406. The van der Waals surface area contributed by atoms with Crippen molar-refractivity contribution in [3.05, 3.63) is 77.7 Å². The van der Waals surface area contributed by atoms with Gasteiger partial charge in [-0.15, -0.1) is 11.3 Å². The molecule has 2 fully saturated rings. The number of piperidine rings is 1. The Kier molecular flexibility index (Phi) is 7.43. The third-order valence-electron chi connectivity index (χ3n) is 6.95. The van der Waals surface area contributed by atoms with E-state index in [0.29, 0.717) is 37.4 Å². The molecule has 1 aromatic heterocycles. The van der Waals surface area contributed by atoms with E-state index in [1.54, 1.807) is 41.8 Å². The molecule has 1 atom stereocenters. The average molecular weight is 540 g/mol. The van der Waals surface area contributed by atoms with E-state index < -0.39 is 27.9 Å². The van der Waals surface area contributed by atoms with Crippen LogP contribution in [-0.2, 0) is 26.2 Å². The number of sulfonamides is 1. The molecule has 37 heavy (non-hydrogen) atoms. The number of likely N-dealkylation sites (tertiary alicyclic amines) is 1. The standard InChI is InChI=1S/C27H29N3O5S2/c1-35-23-11-9-21(10-12-23)29-25(31)18-24(27(29)32)30(37(33,34)26-8-5-17-36-26)22-13-15-28(16-14-22)19-20-6-3-2-4-7-20/h2-12,17,22,24H,13-16,18-19H2,1H3. The highest BCUT2D eigenvalue weighted by molar-refractivity contribution is 7.91. The third-order valence-corrected chi connectivity index (χ3v) is 10.3. The Morgan fingerprint density at radius 3 is 2.30 bits per heavy atom. The second kappa shape index (κ2) is 10.7. The summed E-state index contributed by atoms with van der Waals surface area (Å²) in [6.07, 6.45) is 0.982. The average Bonchev–Trinajstić information content (AvgIpc) is 3.55. The minimum atomic E-state index is -3.98. The van der Waals surface area contributed by atoms with Crippen LogP contribution < -0.4 is 9.64 Å². The number of ether oxygens (including phenoxy) is 1. The molecule has 5 rings (SSSR count). The fourth-order valence-electron chi connectivity index (χ4n) is 5.12. The van der Waals surface area contributed by atoms with Gasteiger partial charge in [0.05, 0.1) is 19.2 Å². The minimum Gasteiger partial charge on any atom is -0.497 e. The second-order valence-corrected chi connectivity index (χ2v) is 12.3. The van der Waals surface area contributed by atoms with E-state index in [4.69, 9.17) is 4.74 Å². The number of nitrogens with zero attached hydrogens (tertiary/aromatic N) is 3. The number of carbonyl (C=O) groups is 2. The van der Waals surface area contributed by atoms with Crippen LogP contribution in [0.1, 0.15) is 24.8 Å². The fourth-order valence-corrected chi connectivity index (χ4v) is 8.04. The van der Waals surface area contributed by atoms with Gasteiger partial charge in [-0.25, -0.2) is 13.3 Å². The third kappa shape index (κ3) is 5.19. The van der Waals surface area contributed by atoms with Gasteiger partial charge in [-0.2, -0.15) is 4.31 Å². The maximum atomic E-state index is 13.9. The zero-order valence-electron chi connectivity index (χ0n) is 20.5. The highest BCUT2D eigenvalue weighted by Crippen LogP contribution is 2.35. The Morgan fingerprint density at radius 2 is 1.68 bits per heavy atom. The lowest BCUT2D eigenvalue weighted by Gasteiger charge is -2.39. The van der Waals surface area contributed by atoms with Crippen LogP contribution in [0.4, 0.5) is 5.69 Å². The summed E-state index contributed by atoms with van der Waals surface area (Å²) in [7, 11) is -2.44. The molecule has 0 saturated carbocycles. The zero-order chi connectivity index (χ0) is 26.0. The molecule has 3 aromatic rings. The van der Waals surface area contributed by atoms with Crippen LogP contribution in [0, 0.1) is 0 Å². The first-order valence-corrected chi connectivity index (χ1v) is 14.5. The predicted octanol–water partition coefficient (Wildman–Crippen LogP) is 3.74. The van der Waals surface area contributed by atoms with Gasteiger partial charge < -0.3 is 4.74 Å². The number of anilines is 1. The minimum absolute atomic E-state index is 0.181. The van der Waals surface area contributed by atoms with Gasteiger partial charge in [-0.3, -0.25) is 14.5 Å². The van der Waals surface area contributed by atoms with E-state index >= 15 is 0 Å². The van der Waals surface area contributed by atoms with E-state index in [9.17, 15) is 18.0 Å². The molecule has 0 spiro atoms. The number of carbonyl (C=O) groups excluding carboxylic acids is 2. The van der Waals surface area contributed by atoms with Crippen LogP contribution in [0.15, 0.2) is 76.3 Å². The van der Waals surface area contributed by atoms with Gasteiger partial charge in [0, 0.05) is 25.7 Å². The fraction of sp³-hybridized carbons (Fsp3) is 0.333. The molecule has 10 heteroatoms. The summed E-state index contributed by atoms with van der Waals surface area (Å²) in [4.78, 5) is 30.1. The highest BCUT2D eigenvalue weighted by Gasteiger charge is 2.50. The molecule has 0 N–H and O–H groups in total. The molecule has 2 amide bonds. The molecular weight excluding hydrogens is 510 g/mol. The first-order valence-electron chi connectivity index (χ1n) is 12.2. The summed E-state index contributed by atoms with van der Waals surface area (Å²) in [6, 6.07) is 18.6. The first kappa shape index (κ1) is 25.6. The largest absolute Gasteiger partial charge is 0.497 e. The van der Waals surface area contributed by atoms with E-state index in [1.165, 1.54) is 17.0 Å². The Morgan fingerprint density at radius 1 is 0.973 bits per heavy atom. The number of amides is 2. The highest BCUT2D eigenvalue weighted by atomic mass is 32.2. The van der Waals surface area contributed by atoms with Crippen LogP contribution in [0.25, 0.3) is 0 Å². The molecule has 3 heterocycles. The zero-order valence-corrected chi connectivity index (χ0v) is 22.2. The first-order chi connectivity index (χ1) is 17.9. The number of hydrogen-bond acceptors (Lipinski definition) is 7. The summed E-state index contributed by atoms with van der Waals surface area (Å²) >= 11 is 1.12. The SMILES string of the molecule is COc1ccc(N2C(=O)CC(N(C3CCN(Cc4ccccc4)CC3)S(=O)(=O)c3cccs3)C2=O)cc1. The molecule has 0 aliphatic carbocycles. The molecule has 2 aliphatic heterocycles. The van der Waals surface area contributed by atoms with Gasteiger partial charge in [-0.1, -0.05) is 36.4 Å². The van der Waals surface area contributed by atoms with Gasteiger partial charge >= 0.3 is 0 Å². The lowest BCUT2D eigenvalue weighted by atomic mass is 10.0. The van der Waals surface area contributed by atoms with E-state index in [-0.39, 0.29) is 16.7 Å². The molecule has 2 saturated heterocycles. The van der Waals surface area contributed by atoms with Crippen molar-refractivity contribution < 1.29 is 22.7 Å². The molecule has 2 aliphatic rings. The van der Waals surface area contributed by atoms with Crippen LogP contribution in [-0.4, -0.2) is 61.7 Å². The number of hydrogen-bond donors (Lipinski definition) is 0. The van der Waals surface area contributed by atoms with Crippen LogP contribution >= 0.6 is 11.3 Å². The normalized spacial score (nSPS) is 19.6. The molecular formula is C27H29N3O5S2. The summed E-state index contributed by atoms with van der Waals surface area (Å²) in [5.41, 5.74) is 1.61. The molecule has 0 bridgehead atoms. The predicted molar refractivity (Wildman–Crippen MR) is 142 cm³/mol. The second-order valence-electron chi connectivity index (χ2n) is 9.25. The van der Waals surface area contributed by atoms with E-state index in [0.717, 1.165) is 22.8 Å². The summed E-state index contributed by atoms with van der Waals surface area (Å²) < 4.78 is 34.4. The number of imide groups is 1. The van der Waals surface area contributed by atoms with Crippen molar-refractivity contribution in [2.45, 2.75) is 42.1 Å². The van der Waals surface area contributed by atoms with Crippen LogP contribution in [0.2, 0.25) is 0 Å². The van der Waals surface area contributed by atoms with E-state index in [2.05, 4.69) is 17.0 Å². The monoisotopic (exact) mass is 539 g/mol. The Bertz CT molecular complexity index is 1340. The van der Waals surface area contributed by atoms with Crippen molar-refractivity contribution >= 4 is 38.9 Å². The molecule has 2 aromatic carbocycles. The molecule has 194 valence electrons. The Hall–Kier alpha value is -3.05. The van der Waals surface area contributed by atoms with Crippen LogP contribution in [0.5, 0.6) is 5.75 Å². The van der Waals surface area contributed by atoms with Crippen molar-refractivity contribution in [2.75, 3.05) is 25.1 Å². The van der Waals surface area contributed by atoms with E-state index in [1.807, 2.05) is 18.2 Å². The summed E-state index contributed by atoms with van der Waals surface area (Å²) in [6.45, 7) is 2.19. The van der Waals surface area contributed by atoms with Crippen molar-refractivity contribution in [3.63, 3.8) is 0 Å². The lowest BCUT2D eigenvalue weighted by molar-refractivity contribution is -0.122. The van der Waals surface area contributed by atoms with Crippen molar-refractivity contribution in [2.24, 2.45) is 0 Å². The maximum Gasteiger partial charge on any atom is 0.253 e. The van der Waals surface area contributed by atoms with Gasteiger partial charge in [0.15, 0.2) is 0 Å². The number of thiophene rings is 1. The van der Waals surface area contributed by atoms with Crippen molar-refractivity contribution in [1.82, 2.24) is 9.21 Å². The van der Waals surface area contributed by atoms with Crippen LogP contribution in [0.3, 0.4) is 0 Å². The van der Waals surface area contributed by atoms with Gasteiger partial charge in [0.2, 0.25) is 5.91 Å². The number of benzene rings is 2. The molecule has 0 radical (unpaired) electrons. The van der Waals surface area contributed by atoms with Crippen molar-refractivity contribution in [3.8, 4) is 5.75 Å². The maximum absolute atomic E-state index is 13.9. The van der Waals surface area contributed by atoms with Gasteiger partial charge in [-0.05, 0) is 54.1 Å². The lowest BCUT2D eigenvalue weighted by Crippen LogP contribution is -2.53. The van der Waals surface area contributed by atoms with Gasteiger partial charge in [0.25, 0.3) is 15.9 Å². The van der Waals surface area contributed by atoms with Gasteiger partial charge in [0.1, 0.15) is 16.0 Å². The Balaban J connectivity index is 1.40. The van der Waals surface area contributed by atoms with Crippen molar-refractivity contribution in [1.29, 1.82) is 0 Å². The smallest absolute Gasteiger partial charge is 0.253 e. The summed E-state index contributed by atoms with van der Waals surface area (Å²) in [5, 5.41) is 1.71. The number of methoxy groups -OCH3 is 1. The summed E-state index contributed by atoms with van der Waals surface area (Å²) in [5.74, 6) is -0.321. The Labute approximate surface area is 221 Å². The topological polar surface area (TPSA) is 87.2 Å². The molecule has 1 unspecified atom stereocenters. The molecule has 8 nitrogen and oxygen atoms in total. The number of rotatable bonds is 8.